The number of aryl methyl sites for hydroxylation is 3. The van der Waals surface area contributed by atoms with Gasteiger partial charge in [0.1, 0.15) is 0 Å². The van der Waals surface area contributed by atoms with Crippen molar-refractivity contribution in [3.8, 4) is 0 Å². The topological polar surface area (TPSA) is 89.4 Å². The first kappa shape index (κ1) is 24.8. The third-order valence-electron chi connectivity index (χ3n) is 5.80. The van der Waals surface area contributed by atoms with Gasteiger partial charge in [0, 0.05) is 23.6 Å². The number of carbonyl (C=O) groups excluding carboxylic acids is 3. The first-order chi connectivity index (χ1) is 16.2. The quantitative estimate of drug-likeness (QED) is 0.495. The number of aromatic nitrogens is 1. The first-order valence-corrected chi connectivity index (χ1v) is 11.2. The van der Waals surface area contributed by atoms with E-state index in [1.165, 1.54) is 6.92 Å². The Balaban J connectivity index is 1.56. The number of ether oxygens (including phenoxy) is 1. The van der Waals surface area contributed by atoms with Crippen molar-refractivity contribution < 1.29 is 19.1 Å². The molecular weight excluding hydrogens is 430 g/mol. The minimum absolute atomic E-state index is 0.222. The Morgan fingerprint density at radius 3 is 2.24 bits per heavy atom. The van der Waals surface area contributed by atoms with E-state index >= 15 is 0 Å². The van der Waals surface area contributed by atoms with Crippen molar-refractivity contribution >= 4 is 23.5 Å². The van der Waals surface area contributed by atoms with Gasteiger partial charge in [-0.1, -0.05) is 48.5 Å². The zero-order valence-corrected chi connectivity index (χ0v) is 20.3. The highest BCUT2D eigenvalue weighted by Crippen LogP contribution is 2.20. The predicted molar refractivity (Wildman–Crippen MR) is 132 cm³/mol. The van der Waals surface area contributed by atoms with Gasteiger partial charge in [0.25, 0.3) is 5.91 Å². The predicted octanol–water partition coefficient (Wildman–Crippen LogP) is 4.07. The molecule has 3 rings (SSSR count). The van der Waals surface area contributed by atoms with Crippen molar-refractivity contribution in [2.24, 2.45) is 0 Å². The van der Waals surface area contributed by atoms with Crippen LogP contribution in [0.1, 0.15) is 45.4 Å². The molecule has 2 N–H and O–H groups in total. The van der Waals surface area contributed by atoms with Crippen LogP contribution in [0.5, 0.6) is 0 Å². The molecule has 1 unspecified atom stereocenters. The average Bonchev–Trinajstić information content (AvgIpc) is 3.09. The summed E-state index contributed by atoms with van der Waals surface area (Å²) in [5, 5.41) is 5.34. The zero-order chi connectivity index (χ0) is 24.8. The fourth-order valence-electron chi connectivity index (χ4n) is 3.80. The molecule has 0 spiro atoms. The number of carbonyl (C=O) groups is 3. The summed E-state index contributed by atoms with van der Waals surface area (Å²) in [6, 6.07) is 17.4. The second-order valence-corrected chi connectivity index (χ2v) is 8.44. The van der Waals surface area contributed by atoms with E-state index in [4.69, 9.17) is 4.74 Å². The molecule has 0 aliphatic heterocycles. The Bertz CT molecular complexity index is 1180. The van der Waals surface area contributed by atoms with Crippen LogP contribution in [0.2, 0.25) is 0 Å². The van der Waals surface area contributed by atoms with Gasteiger partial charge in [0.2, 0.25) is 5.91 Å². The molecule has 0 saturated carbocycles. The van der Waals surface area contributed by atoms with Crippen molar-refractivity contribution in [1.29, 1.82) is 0 Å². The number of anilines is 1. The Hall–Kier alpha value is -3.87. The van der Waals surface area contributed by atoms with E-state index in [1.54, 1.807) is 6.07 Å². The molecular formula is C27H31N3O4. The smallest absolute Gasteiger partial charge is 0.340 e. The van der Waals surface area contributed by atoms with E-state index < -0.39 is 18.0 Å². The lowest BCUT2D eigenvalue weighted by atomic mass is 10.1. The number of para-hydroxylation sites is 1. The SMILES string of the molecule is Cc1cccc(C)c1NC(=O)CNC(=O)C(C)OC(=O)c1cc(C)n(Cc2ccccc2)c1C. The standard InChI is InChI=1S/C27H31N3O4/c1-17-10-9-11-18(2)25(17)29-24(31)15-28-26(32)21(5)34-27(33)23-14-19(3)30(20(23)4)16-22-12-7-6-8-13-22/h6-14,21H,15-16H2,1-5H3,(H,28,32)(H,29,31). The minimum Gasteiger partial charge on any atom is -0.449 e. The van der Waals surface area contributed by atoms with Crippen LogP contribution in [-0.4, -0.2) is 35.0 Å². The molecule has 3 aromatic rings. The van der Waals surface area contributed by atoms with Gasteiger partial charge in [-0.2, -0.15) is 0 Å². The fraction of sp³-hybridized carbons (Fsp3) is 0.296. The number of hydrogen-bond donors (Lipinski definition) is 2. The van der Waals surface area contributed by atoms with Gasteiger partial charge in [-0.3, -0.25) is 9.59 Å². The molecule has 1 aromatic heterocycles. The Labute approximate surface area is 200 Å². The molecule has 34 heavy (non-hydrogen) atoms. The number of nitrogens with zero attached hydrogens (tertiary/aromatic N) is 1. The van der Waals surface area contributed by atoms with Gasteiger partial charge in [-0.25, -0.2) is 4.79 Å². The molecule has 178 valence electrons. The summed E-state index contributed by atoms with van der Waals surface area (Å²) < 4.78 is 7.43. The van der Waals surface area contributed by atoms with Gasteiger partial charge in [-0.05, 0) is 57.4 Å². The summed E-state index contributed by atoms with van der Waals surface area (Å²) in [6.45, 7) is 9.49. The van der Waals surface area contributed by atoms with Crippen LogP contribution >= 0.6 is 0 Å². The van der Waals surface area contributed by atoms with Crippen LogP contribution in [0.15, 0.2) is 54.6 Å². The Morgan fingerprint density at radius 1 is 0.941 bits per heavy atom. The second kappa shape index (κ2) is 10.8. The number of benzene rings is 2. The summed E-state index contributed by atoms with van der Waals surface area (Å²) in [7, 11) is 0. The maximum absolute atomic E-state index is 12.8. The van der Waals surface area contributed by atoms with Gasteiger partial charge < -0.3 is 19.9 Å². The molecule has 0 radical (unpaired) electrons. The number of amides is 2. The molecule has 1 atom stereocenters. The zero-order valence-electron chi connectivity index (χ0n) is 20.3. The van der Waals surface area contributed by atoms with Crippen LogP contribution in [0.4, 0.5) is 5.69 Å². The molecule has 0 aliphatic rings. The van der Waals surface area contributed by atoms with Crippen molar-refractivity contribution in [3.05, 3.63) is 88.2 Å². The molecule has 1 heterocycles. The molecule has 7 nitrogen and oxygen atoms in total. The average molecular weight is 462 g/mol. The fourth-order valence-corrected chi connectivity index (χ4v) is 3.80. The van der Waals surface area contributed by atoms with Crippen molar-refractivity contribution in [1.82, 2.24) is 9.88 Å². The maximum Gasteiger partial charge on any atom is 0.340 e. The van der Waals surface area contributed by atoms with E-state index in [9.17, 15) is 14.4 Å². The highest BCUT2D eigenvalue weighted by molar-refractivity contribution is 5.97. The van der Waals surface area contributed by atoms with Gasteiger partial charge in [-0.15, -0.1) is 0 Å². The van der Waals surface area contributed by atoms with E-state index in [-0.39, 0.29) is 12.5 Å². The molecule has 0 bridgehead atoms. The lowest BCUT2D eigenvalue weighted by molar-refractivity contribution is -0.130. The number of hydrogen-bond acceptors (Lipinski definition) is 4. The lowest BCUT2D eigenvalue weighted by Crippen LogP contribution is -2.40. The monoisotopic (exact) mass is 461 g/mol. The third-order valence-corrected chi connectivity index (χ3v) is 5.80. The molecule has 0 fully saturated rings. The molecule has 2 aromatic carbocycles. The van der Waals surface area contributed by atoms with Gasteiger partial charge in [0.05, 0.1) is 12.1 Å². The van der Waals surface area contributed by atoms with Gasteiger partial charge in [0.15, 0.2) is 6.10 Å². The Kier molecular flexibility index (Phi) is 7.89. The largest absolute Gasteiger partial charge is 0.449 e. The van der Waals surface area contributed by atoms with Gasteiger partial charge >= 0.3 is 5.97 Å². The van der Waals surface area contributed by atoms with E-state index in [0.717, 1.165) is 33.8 Å². The normalized spacial score (nSPS) is 11.6. The number of esters is 1. The first-order valence-electron chi connectivity index (χ1n) is 11.2. The Morgan fingerprint density at radius 2 is 1.59 bits per heavy atom. The van der Waals surface area contributed by atoms with Crippen molar-refractivity contribution in [3.63, 3.8) is 0 Å². The highest BCUT2D eigenvalue weighted by Gasteiger charge is 2.23. The lowest BCUT2D eigenvalue weighted by Gasteiger charge is -2.15. The molecule has 0 aliphatic carbocycles. The summed E-state index contributed by atoms with van der Waals surface area (Å²) in [6.07, 6.45) is -1.04. The minimum atomic E-state index is -1.04. The van der Waals surface area contributed by atoms with Crippen molar-refractivity contribution in [2.45, 2.75) is 47.3 Å². The summed E-state index contributed by atoms with van der Waals surface area (Å²) in [5.74, 6) is -1.47. The summed E-state index contributed by atoms with van der Waals surface area (Å²) in [4.78, 5) is 37.5. The third kappa shape index (κ3) is 5.92. The molecule has 7 heteroatoms. The summed E-state index contributed by atoms with van der Waals surface area (Å²) >= 11 is 0. The van der Waals surface area contributed by atoms with E-state index in [0.29, 0.717) is 12.1 Å². The van der Waals surface area contributed by atoms with Crippen LogP contribution in [0.3, 0.4) is 0 Å². The summed E-state index contributed by atoms with van der Waals surface area (Å²) in [5.41, 5.74) is 5.84. The molecule has 0 saturated heterocycles. The van der Waals surface area contributed by atoms with Crippen LogP contribution < -0.4 is 10.6 Å². The second-order valence-electron chi connectivity index (χ2n) is 8.44. The number of rotatable bonds is 8. The van der Waals surface area contributed by atoms with E-state index in [1.807, 2.05) is 80.8 Å². The number of nitrogens with one attached hydrogen (secondary N) is 2. The highest BCUT2D eigenvalue weighted by atomic mass is 16.5. The van der Waals surface area contributed by atoms with Crippen LogP contribution in [-0.2, 0) is 20.9 Å². The van der Waals surface area contributed by atoms with Crippen LogP contribution in [0, 0.1) is 27.7 Å². The maximum atomic E-state index is 12.8. The van der Waals surface area contributed by atoms with E-state index in [2.05, 4.69) is 10.6 Å². The van der Waals surface area contributed by atoms with Crippen molar-refractivity contribution in [2.75, 3.05) is 11.9 Å². The van der Waals surface area contributed by atoms with Crippen LogP contribution in [0.25, 0.3) is 0 Å². The molecule has 2 amide bonds.